The topological polar surface area (TPSA) is 73.5 Å². The molecule has 2 N–H and O–H groups in total. The van der Waals surface area contributed by atoms with E-state index in [2.05, 4.69) is 21.8 Å². The maximum absolute atomic E-state index is 5.67. The van der Waals surface area contributed by atoms with Crippen LogP contribution in [0, 0.1) is 0 Å². The minimum absolute atomic E-state index is 0.0488. The Bertz CT molecular complexity index is 413. The van der Waals surface area contributed by atoms with Gasteiger partial charge in [-0.15, -0.1) is 0 Å². The predicted molar refractivity (Wildman–Crippen MR) is 73.4 cm³/mol. The number of aromatic nitrogens is 2. The van der Waals surface area contributed by atoms with Gasteiger partial charge in [-0.3, -0.25) is 4.98 Å². The van der Waals surface area contributed by atoms with Crippen molar-refractivity contribution < 1.29 is 9.47 Å². The molecule has 1 aliphatic heterocycles. The van der Waals surface area contributed by atoms with E-state index in [1.807, 2.05) is 13.8 Å². The summed E-state index contributed by atoms with van der Waals surface area (Å²) < 4.78 is 11.2. The molecule has 2 unspecified atom stereocenters. The van der Waals surface area contributed by atoms with E-state index in [1.165, 1.54) is 0 Å². The van der Waals surface area contributed by atoms with Crippen molar-refractivity contribution in [2.75, 3.05) is 24.6 Å². The number of anilines is 1. The van der Waals surface area contributed by atoms with Gasteiger partial charge in [0.1, 0.15) is 0 Å². The lowest BCUT2D eigenvalue weighted by Crippen LogP contribution is -2.51. The largest absolute Gasteiger partial charge is 0.474 e. The minimum atomic E-state index is 0.0488. The van der Waals surface area contributed by atoms with E-state index in [-0.39, 0.29) is 18.2 Å². The molecule has 2 heterocycles. The monoisotopic (exact) mass is 266 g/mol. The van der Waals surface area contributed by atoms with Gasteiger partial charge in [-0.1, -0.05) is 0 Å². The molecule has 1 aromatic heterocycles. The number of hydrogen-bond donors (Lipinski definition) is 1. The third-order valence-corrected chi connectivity index (χ3v) is 3.02. The third kappa shape index (κ3) is 3.54. The Hall–Kier alpha value is -1.40. The highest BCUT2D eigenvalue weighted by atomic mass is 16.5. The van der Waals surface area contributed by atoms with Crippen molar-refractivity contribution in [1.29, 1.82) is 0 Å². The van der Waals surface area contributed by atoms with Crippen LogP contribution < -0.4 is 15.4 Å². The molecule has 1 fully saturated rings. The highest BCUT2D eigenvalue weighted by molar-refractivity contribution is 5.39. The Morgan fingerprint density at radius 2 is 2.32 bits per heavy atom. The molecule has 0 bridgehead atoms. The molecule has 1 aliphatic rings. The number of ether oxygens (including phenoxy) is 2. The third-order valence-electron chi connectivity index (χ3n) is 3.02. The van der Waals surface area contributed by atoms with E-state index in [0.717, 1.165) is 12.4 Å². The highest BCUT2D eigenvalue weighted by Gasteiger charge is 2.26. The summed E-state index contributed by atoms with van der Waals surface area (Å²) in [7, 11) is 0. The van der Waals surface area contributed by atoms with Crippen molar-refractivity contribution >= 4 is 5.82 Å². The van der Waals surface area contributed by atoms with E-state index in [4.69, 9.17) is 15.2 Å². The first-order chi connectivity index (χ1) is 9.10. The molecule has 1 saturated heterocycles. The van der Waals surface area contributed by atoms with Gasteiger partial charge in [0.25, 0.3) is 0 Å². The quantitative estimate of drug-likeness (QED) is 0.869. The lowest BCUT2D eigenvalue weighted by molar-refractivity contribution is 0.0279. The molecule has 0 saturated carbocycles. The first-order valence-electron chi connectivity index (χ1n) is 6.67. The Labute approximate surface area is 113 Å². The number of morpholine rings is 1. The Morgan fingerprint density at radius 3 is 3.00 bits per heavy atom. The minimum Gasteiger partial charge on any atom is -0.474 e. The lowest BCUT2D eigenvalue weighted by Gasteiger charge is -2.38. The van der Waals surface area contributed by atoms with Crippen LogP contribution in [-0.2, 0) is 4.74 Å². The zero-order chi connectivity index (χ0) is 13.8. The maximum atomic E-state index is 5.67. The summed E-state index contributed by atoms with van der Waals surface area (Å²) in [5, 5.41) is 0. The second-order valence-corrected chi connectivity index (χ2v) is 5.07. The fourth-order valence-corrected chi connectivity index (χ4v) is 2.05. The standard InChI is InChI=1S/C13H22N4O2/c1-9(2)19-13-6-15-5-12(16-13)17-7-11(4-14)18-8-10(17)3/h5-6,9-11H,4,7-8,14H2,1-3H3. The molecule has 1 aromatic rings. The van der Waals surface area contributed by atoms with Crippen molar-refractivity contribution in [3.63, 3.8) is 0 Å². The van der Waals surface area contributed by atoms with E-state index in [9.17, 15) is 0 Å². The molecule has 6 nitrogen and oxygen atoms in total. The van der Waals surface area contributed by atoms with Crippen molar-refractivity contribution in [3.05, 3.63) is 12.4 Å². The summed E-state index contributed by atoms with van der Waals surface area (Å²) in [6.45, 7) is 7.94. The molecule has 0 aliphatic carbocycles. The van der Waals surface area contributed by atoms with Crippen molar-refractivity contribution in [2.45, 2.75) is 39.0 Å². The normalized spacial score (nSPS) is 23.7. The zero-order valence-corrected chi connectivity index (χ0v) is 11.7. The van der Waals surface area contributed by atoms with Crippen LogP contribution >= 0.6 is 0 Å². The van der Waals surface area contributed by atoms with Gasteiger partial charge in [-0.05, 0) is 20.8 Å². The molecule has 2 atom stereocenters. The Balaban J connectivity index is 2.15. The van der Waals surface area contributed by atoms with Crippen LogP contribution in [0.15, 0.2) is 12.4 Å². The summed E-state index contributed by atoms with van der Waals surface area (Å²) in [5.41, 5.74) is 5.67. The maximum Gasteiger partial charge on any atom is 0.234 e. The fraction of sp³-hybridized carbons (Fsp3) is 0.692. The van der Waals surface area contributed by atoms with Crippen LogP contribution in [0.1, 0.15) is 20.8 Å². The molecule has 19 heavy (non-hydrogen) atoms. The molecule has 0 radical (unpaired) electrons. The van der Waals surface area contributed by atoms with Crippen LogP contribution in [0.2, 0.25) is 0 Å². The van der Waals surface area contributed by atoms with Gasteiger partial charge in [-0.2, -0.15) is 4.98 Å². The molecule has 106 valence electrons. The van der Waals surface area contributed by atoms with Gasteiger partial charge in [0.2, 0.25) is 5.88 Å². The van der Waals surface area contributed by atoms with Gasteiger partial charge in [0, 0.05) is 13.1 Å². The number of rotatable bonds is 4. The van der Waals surface area contributed by atoms with Crippen molar-refractivity contribution in [1.82, 2.24) is 9.97 Å². The van der Waals surface area contributed by atoms with Crippen LogP contribution in [0.4, 0.5) is 5.82 Å². The Morgan fingerprint density at radius 1 is 1.53 bits per heavy atom. The van der Waals surface area contributed by atoms with E-state index >= 15 is 0 Å². The van der Waals surface area contributed by atoms with Crippen LogP contribution in [0.3, 0.4) is 0 Å². The van der Waals surface area contributed by atoms with Gasteiger partial charge in [-0.25, -0.2) is 0 Å². The smallest absolute Gasteiger partial charge is 0.234 e. The summed E-state index contributed by atoms with van der Waals surface area (Å²) in [6.07, 6.45) is 3.52. The highest BCUT2D eigenvalue weighted by Crippen LogP contribution is 2.21. The molecule has 6 heteroatoms. The second kappa shape index (κ2) is 6.16. The van der Waals surface area contributed by atoms with Gasteiger partial charge in [0.15, 0.2) is 5.82 Å². The van der Waals surface area contributed by atoms with E-state index in [1.54, 1.807) is 12.4 Å². The average Bonchev–Trinajstić information content (AvgIpc) is 2.39. The van der Waals surface area contributed by atoms with Crippen LogP contribution in [0.25, 0.3) is 0 Å². The summed E-state index contributed by atoms with van der Waals surface area (Å²) in [4.78, 5) is 10.9. The lowest BCUT2D eigenvalue weighted by atomic mass is 10.2. The molecular weight excluding hydrogens is 244 g/mol. The van der Waals surface area contributed by atoms with E-state index < -0.39 is 0 Å². The van der Waals surface area contributed by atoms with Crippen LogP contribution in [-0.4, -0.2) is 47.9 Å². The second-order valence-electron chi connectivity index (χ2n) is 5.07. The molecular formula is C13H22N4O2. The van der Waals surface area contributed by atoms with E-state index in [0.29, 0.717) is 19.0 Å². The fourth-order valence-electron chi connectivity index (χ4n) is 2.05. The Kier molecular flexibility index (Phi) is 4.55. The molecule has 0 aromatic carbocycles. The molecule has 0 spiro atoms. The number of nitrogens with two attached hydrogens (primary N) is 1. The van der Waals surface area contributed by atoms with Gasteiger partial charge >= 0.3 is 0 Å². The first kappa shape index (κ1) is 14.0. The van der Waals surface area contributed by atoms with Crippen LogP contribution in [0.5, 0.6) is 5.88 Å². The number of hydrogen-bond acceptors (Lipinski definition) is 6. The van der Waals surface area contributed by atoms with Gasteiger partial charge < -0.3 is 20.1 Å². The SMILES string of the molecule is CC(C)Oc1cncc(N2CC(CN)OCC2C)n1. The number of nitrogens with zero attached hydrogens (tertiary/aromatic N) is 3. The summed E-state index contributed by atoms with van der Waals surface area (Å²) >= 11 is 0. The van der Waals surface area contributed by atoms with Crippen molar-refractivity contribution in [2.24, 2.45) is 5.73 Å². The van der Waals surface area contributed by atoms with Gasteiger partial charge in [0.05, 0.1) is 37.3 Å². The molecule has 0 amide bonds. The van der Waals surface area contributed by atoms with Crippen molar-refractivity contribution in [3.8, 4) is 5.88 Å². The molecule has 2 rings (SSSR count). The predicted octanol–water partition coefficient (Wildman–Crippen LogP) is 0.816. The first-order valence-corrected chi connectivity index (χ1v) is 6.67. The summed E-state index contributed by atoms with van der Waals surface area (Å²) in [5.74, 6) is 1.36. The zero-order valence-electron chi connectivity index (χ0n) is 11.7. The summed E-state index contributed by atoms with van der Waals surface area (Å²) in [6, 6.07) is 0.256. The average molecular weight is 266 g/mol.